The highest BCUT2D eigenvalue weighted by molar-refractivity contribution is 7.90. The monoisotopic (exact) mass is 430 g/mol. The Morgan fingerprint density at radius 1 is 0.967 bits per heavy atom. The molecule has 2 N–H and O–H groups in total. The van der Waals surface area contributed by atoms with Crippen molar-refractivity contribution in [3.63, 3.8) is 0 Å². The molecule has 162 valence electrons. The number of nitrogens with zero attached hydrogens (tertiary/aromatic N) is 2. The van der Waals surface area contributed by atoms with Gasteiger partial charge in [-0.25, -0.2) is 8.42 Å². The van der Waals surface area contributed by atoms with Crippen LogP contribution in [-0.4, -0.2) is 65.7 Å². The molecule has 0 saturated heterocycles. The van der Waals surface area contributed by atoms with Gasteiger partial charge in [-0.3, -0.25) is 9.79 Å². The van der Waals surface area contributed by atoms with Gasteiger partial charge in [0.2, 0.25) is 0 Å². The molecule has 7 nitrogen and oxygen atoms in total. The number of rotatable bonds is 8. The molecule has 2 aromatic carbocycles. The second kappa shape index (κ2) is 10.8. The topological polar surface area (TPSA) is 90.9 Å². The summed E-state index contributed by atoms with van der Waals surface area (Å²) in [5.41, 5.74) is 2.81. The summed E-state index contributed by atoms with van der Waals surface area (Å²) in [4.78, 5) is 18.2. The number of benzene rings is 2. The Morgan fingerprint density at radius 2 is 1.57 bits per heavy atom. The third-order valence-electron chi connectivity index (χ3n) is 4.57. The minimum Gasteiger partial charge on any atom is -0.356 e. The smallest absolute Gasteiger partial charge is 0.253 e. The van der Waals surface area contributed by atoms with Crippen LogP contribution in [0.25, 0.3) is 0 Å². The molecule has 0 bridgehead atoms. The van der Waals surface area contributed by atoms with Crippen molar-refractivity contribution in [2.45, 2.75) is 17.7 Å². The quantitative estimate of drug-likeness (QED) is 0.492. The number of hydrogen-bond donors (Lipinski definition) is 2. The van der Waals surface area contributed by atoms with E-state index in [0.29, 0.717) is 29.5 Å². The summed E-state index contributed by atoms with van der Waals surface area (Å²) in [5.74, 6) is 0.690. The van der Waals surface area contributed by atoms with Gasteiger partial charge in [-0.15, -0.1) is 0 Å². The van der Waals surface area contributed by atoms with E-state index in [1.54, 1.807) is 38.2 Å². The van der Waals surface area contributed by atoms with Crippen molar-refractivity contribution in [3.8, 4) is 0 Å². The van der Waals surface area contributed by atoms with Crippen molar-refractivity contribution < 1.29 is 13.2 Å². The largest absolute Gasteiger partial charge is 0.356 e. The van der Waals surface area contributed by atoms with Crippen LogP contribution in [0, 0.1) is 0 Å². The van der Waals surface area contributed by atoms with Crippen LogP contribution < -0.4 is 10.6 Å². The first-order valence-corrected chi connectivity index (χ1v) is 11.6. The Labute approximate surface area is 179 Å². The number of amides is 1. The van der Waals surface area contributed by atoms with Crippen LogP contribution in [0.15, 0.2) is 58.4 Å². The Balaban J connectivity index is 1.79. The fourth-order valence-electron chi connectivity index (χ4n) is 2.89. The van der Waals surface area contributed by atoms with Crippen LogP contribution in [-0.2, 0) is 22.7 Å². The summed E-state index contributed by atoms with van der Waals surface area (Å²) in [5, 5.41) is 6.52. The molecule has 0 atom stereocenters. The van der Waals surface area contributed by atoms with Crippen LogP contribution in [0.5, 0.6) is 0 Å². The lowest BCUT2D eigenvalue weighted by Gasteiger charge is -2.13. The number of guanidine groups is 1. The summed E-state index contributed by atoms with van der Waals surface area (Å²) in [7, 11) is 2.03. The van der Waals surface area contributed by atoms with Gasteiger partial charge in [0.15, 0.2) is 15.8 Å². The maximum absolute atomic E-state index is 12.1. The molecule has 0 aliphatic carbocycles. The van der Waals surface area contributed by atoms with Gasteiger partial charge < -0.3 is 15.5 Å². The van der Waals surface area contributed by atoms with Crippen LogP contribution in [0.2, 0.25) is 0 Å². The third-order valence-corrected chi connectivity index (χ3v) is 5.70. The lowest BCUT2D eigenvalue weighted by Crippen LogP contribution is -2.39. The first kappa shape index (κ1) is 23.4. The summed E-state index contributed by atoms with van der Waals surface area (Å²) >= 11 is 0. The molecule has 2 aromatic rings. The second-order valence-corrected chi connectivity index (χ2v) is 9.26. The zero-order valence-electron chi connectivity index (χ0n) is 18.0. The summed E-state index contributed by atoms with van der Waals surface area (Å²) in [6, 6.07) is 14.6. The minimum atomic E-state index is -3.17. The Kier molecular flexibility index (Phi) is 8.41. The Bertz CT molecular complexity index is 984. The Morgan fingerprint density at radius 3 is 2.10 bits per heavy atom. The highest BCUT2D eigenvalue weighted by Crippen LogP contribution is 2.10. The van der Waals surface area contributed by atoms with Crippen LogP contribution >= 0.6 is 0 Å². The van der Waals surface area contributed by atoms with Crippen molar-refractivity contribution in [1.29, 1.82) is 0 Å². The highest BCUT2D eigenvalue weighted by atomic mass is 32.2. The van der Waals surface area contributed by atoms with Crippen molar-refractivity contribution >= 4 is 21.7 Å². The van der Waals surface area contributed by atoms with Crippen LogP contribution in [0.1, 0.15) is 21.5 Å². The van der Waals surface area contributed by atoms with Crippen molar-refractivity contribution in [1.82, 2.24) is 15.5 Å². The van der Waals surface area contributed by atoms with Crippen LogP contribution in [0.4, 0.5) is 0 Å². The van der Waals surface area contributed by atoms with E-state index in [1.807, 2.05) is 36.4 Å². The lowest BCUT2D eigenvalue weighted by atomic mass is 10.1. The van der Waals surface area contributed by atoms with Gasteiger partial charge in [-0.05, 0) is 48.2 Å². The van der Waals surface area contributed by atoms with E-state index in [2.05, 4.69) is 15.6 Å². The van der Waals surface area contributed by atoms with E-state index in [4.69, 9.17) is 0 Å². The number of nitrogens with one attached hydrogen (secondary N) is 2. The molecule has 2 rings (SSSR count). The van der Waals surface area contributed by atoms with Gasteiger partial charge in [-0.1, -0.05) is 24.3 Å². The van der Waals surface area contributed by atoms with Gasteiger partial charge in [0, 0.05) is 46.1 Å². The normalized spacial score (nSPS) is 11.8. The summed E-state index contributed by atoms with van der Waals surface area (Å²) < 4.78 is 23.0. The Hall–Kier alpha value is -2.87. The van der Waals surface area contributed by atoms with Gasteiger partial charge in [0.1, 0.15) is 0 Å². The van der Waals surface area contributed by atoms with Crippen molar-refractivity contribution in [2.75, 3.05) is 40.5 Å². The first-order chi connectivity index (χ1) is 14.2. The third kappa shape index (κ3) is 7.18. The van der Waals surface area contributed by atoms with Gasteiger partial charge in [-0.2, -0.15) is 0 Å². The maximum Gasteiger partial charge on any atom is 0.253 e. The first-order valence-electron chi connectivity index (χ1n) is 9.75. The predicted octanol–water partition coefficient (Wildman–Crippen LogP) is 1.74. The molecule has 8 heteroatoms. The number of hydrogen-bond acceptors (Lipinski definition) is 4. The van der Waals surface area contributed by atoms with E-state index in [9.17, 15) is 13.2 Å². The number of aliphatic imine (C=N–C) groups is 1. The fraction of sp³-hybridized carbons (Fsp3) is 0.364. The maximum atomic E-state index is 12.1. The molecule has 0 aromatic heterocycles. The minimum absolute atomic E-state index is 0.00754. The molecule has 0 fully saturated rings. The second-order valence-electron chi connectivity index (χ2n) is 7.24. The molecule has 0 heterocycles. The predicted molar refractivity (Wildman–Crippen MR) is 121 cm³/mol. The molecular formula is C22H30N4O3S. The van der Waals surface area contributed by atoms with E-state index in [0.717, 1.165) is 24.0 Å². The molecule has 1 amide bonds. The van der Waals surface area contributed by atoms with E-state index in [-0.39, 0.29) is 5.91 Å². The van der Waals surface area contributed by atoms with E-state index >= 15 is 0 Å². The van der Waals surface area contributed by atoms with Crippen LogP contribution in [0.3, 0.4) is 0 Å². The molecule has 0 saturated carbocycles. The highest BCUT2D eigenvalue weighted by Gasteiger charge is 2.08. The molecule has 0 spiro atoms. The number of carbonyl (C=O) groups excluding carboxylic acids is 1. The molecule has 0 aliphatic heterocycles. The molecule has 30 heavy (non-hydrogen) atoms. The van der Waals surface area contributed by atoms with Gasteiger partial charge in [0.05, 0.1) is 4.90 Å². The molecular weight excluding hydrogens is 400 g/mol. The average Bonchev–Trinajstić information content (AvgIpc) is 2.72. The zero-order chi connectivity index (χ0) is 22.1. The van der Waals surface area contributed by atoms with E-state index in [1.165, 1.54) is 6.26 Å². The molecule has 0 aliphatic rings. The number of carbonyl (C=O) groups is 1. The standard InChI is InChI=1S/C22H30N4O3S/c1-23-22(24-14-12-17-8-10-20(11-9-17)30(4,28)29)25-15-13-18-6-5-7-19(16-18)21(27)26(2)3/h5-11,16H,12-15H2,1-4H3,(H2,23,24,25). The average molecular weight is 431 g/mol. The number of sulfone groups is 1. The lowest BCUT2D eigenvalue weighted by molar-refractivity contribution is 0.0827. The van der Waals surface area contributed by atoms with Crippen molar-refractivity contribution in [3.05, 3.63) is 65.2 Å². The molecule has 0 unspecified atom stereocenters. The summed E-state index contributed by atoms with van der Waals surface area (Å²) in [6.07, 6.45) is 2.72. The molecule has 0 radical (unpaired) electrons. The fourth-order valence-corrected chi connectivity index (χ4v) is 3.52. The van der Waals surface area contributed by atoms with Gasteiger partial charge in [0.25, 0.3) is 5.91 Å². The van der Waals surface area contributed by atoms with Crippen molar-refractivity contribution in [2.24, 2.45) is 4.99 Å². The zero-order valence-corrected chi connectivity index (χ0v) is 18.8. The van der Waals surface area contributed by atoms with E-state index < -0.39 is 9.84 Å². The van der Waals surface area contributed by atoms with Gasteiger partial charge >= 0.3 is 0 Å². The SMILES string of the molecule is CN=C(NCCc1ccc(S(C)(=O)=O)cc1)NCCc1cccc(C(=O)N(C)C)c1. The summed E-state index contributed by atoms with van der Waals surface area (Å²) in [6.45, 7) is 1.35.